The Hall–Kier alpha value is -3.46. The molecule has 3 N–H and O–H groups in total. The van der Waals surface area contributed by atoms with E-state index in [1.54, 1.807) is 0 Å². The molecule has 0 bridgehead atoms. The zero-order chi connectivity index (χ0) is 24.1. The van der Waals surface area contributed by atoms with Crippen molar-refractivity contribution in [1.29, 1.82) is 0 Å². The molecule has 2 aromatic heterocycles. The number of hydrogen-bond acceptors (Lipinski definition) is 6. The number of allylic oxidation sites excluding steroid dienone is 2. The summed E-state index contributed by atoms with van der Waals surface area (Å²) in [5.74, 6) is -0.793. The van der Waals surface area contributed by atoms with Crippen LogP contribution < -0.4 is 5.56 Å². The van der Waals surface area contributed by atoms with Crippen LogP contribution in [0.1, 0.15) is 43.2 Å². The molecule has 4 rings (SSSR count). The number of nitrogens with one attached hydrogen (secondary N) is 2. The number of aliphatic imine (C=N–C) groups is 1. The van der Waals surface area contributed by atoms with Crippen molar-refractivity contribution in [1.82, 2.24) is 14.5 Å². The first-order chi connectivity index (χ1) is 16.5. The number of hydrogen-bond donors (Lipinski definition) is 3. The largest absolute Gasteiger partial charge is 0.494 e. The van der Waals surface area contributed by atoms with E-state index in [4.69, 9.17) is 17.0 Å². The molecule has 1 unspecified atom stereocenters. The summed E-state index contributed by atoms with van der Waals surface area (Å²) in [4.78, 5) is 35.1. The summed E-state index contributed by atoms with van der Waals surface area (Å²) in [5.41, 5.74) is 2.58. The molecule has 3 aromatic rings. The second kappa shape index (κ2) is 10.6. The van der Waals surface area contributed by atoms with Crippen LogP contribution in [0.5, 0.6) is 5.88 Å². The Kier molecular flexibility index (Phi) is 7.42. The fourth-order valence-corrected chi connectivity index (χ4v) is 4.56. The Bertz CT molecular complexity index is 1370. The first-order valence-electron chi connectivity index (χ1n) is 11.4. The molecule has 0 radical (unpaired) electrons. The molecular formula is C25H28N4O4S. The van der Waals surface area contributed by atoms with Gasteiger partial charge < -0.3 is 14.8 Å². The minimum atomic E-state index is -0.882. The van der Waals surface area contributed by atoms with E-state index < -0.39 is 17.6 Å². The molecule has 0 fully saturated rings. The highest BCUT2D eigenvalue weighted by atomic mass is 32.1. The molecule has 1 aliphatic carbocycles. The van der Waals surface area contributed by atoms with Crippen molar-refractivity contribution in [2.24, 2.45) is 4.99 Å². The molecular weight excluding hydrogens is 452 g/mol. The van der Waals surface area contributed by atoms with E-state index in [2.05, 4.69) is 21.0 Å². The van der Waals surface area contributed by atoms with Crippen LogP contribution in [0.15, 0.2) is 51.9 Å². The lowest BCUT2D eigenvalue weighted by molar-refractivity contribution is -0.142. The van der Waals surface area contributed by atoms with Gasteiger partial charge in [-0.15, -0.1) is 0 Å². The SMILES string of the molecule is COC(=O)C(Cc1c[nH]c2ccccc12)N=Cc1c(O)n(CCC2=CCCCC2)c(=S)[nH]c1=O. The number of methoxy groups -OCH3 is 1. The molecule has 1 atom stereocenters. The second-order valence-electron chi connectivity index (χ2n) is 8.39. The Labute approximate surface area is 202 Å². The van der Waals surface area contributed by atoms with Crippen LogP contribution in [0.3, 0.4) is 0 Å². The summed E-state index contributed by atoms with van der Waals surface area (Å²) in [6, 6.07) is 6.88. The molecule has 1 aromatic carbocycles. The molecule has 8 nitrogen and oxygen atoms in total. The zero-order valence-electron chi connectivity index (χ0n) is 19.0. The number of nitrogens with zero attached hydrogens (tertiary/aromatic N) is 2. The lowest BCUT2D eigenvalue weighted by atomic mass is 9.97. The number of fused-ring (bicyclic) bond motifs is 1. The molecule has 1 aliphatic rings. The lowest BCUT2D eigenvalue weighted by Crippen LogP contribution is -2.24. The number of benzene rings is 1. The fourth-order valence-electron chi connectivity index (χ4n) is 4.29. The summed E-state index contributed by atoms with van der Waals surface area (Å²) >= 11 is 5.28. The van der Waals surface area contributed by atoms with Gasteiger partial charge in [-0.05, 0) is 56.0 Å². The van der Waals surface area contributed by atoms with E-state index in [-0.39, 0.29) is 22.6 Å². The van der Waals surface area contributed by atoms with Gasteiger partial charge in [-0.2, -0.15) is 0 Å². The number of ether oxygens (including phenoxy) is 1. The molecule has 0 amide bonds. The molecule has 178 valence electrons. The Morgan fingerprint density at radius 1 is 1.35 bits per heavy atom. The number of esters is 1. The van der Waals surface area contributed by atoms with Gasteiger partial charge in [0, 0.05) is 36.3 Å². The van der Waals surface area contributed by atoms with E-state index in [0.717, 1.165) is 42.1 Å². The number of rotatable bonds is 8. The summed E-state index contributed by atoms with van der Waals surface area (Å²) in [6.07, 6.45) is 10.8. The maximum Gasteiger partial charge on any atom is 0.330 e. The van der Waals surface area contributed by atoms with Gasteiger partial charge in [0.15, 0.2) is 10.8 Å². The summed E-state index contributed by atoms with van der Waals surface area (Å²) in [5, 5.41) is 11.8. The molecule has 0 aliphatic heterocycles. The normalized spacial score (nSPS) is 14.9. The summed E-state index contributed by atoms with van der Waals surface area (Å²) in [6.45, 7) is 0.448. The molecule has 0 saturated heterocycles. The average Bonchev–Trinajstić information content (AvgIpc) is 3.25. The van der Waals surface area contributed by atoms with E-state index in [0.29, 0.717) is 6.54 Å². The van der Waals surface area contributed by atoms with Crippen molar-refractivity contribution >= 4 is 35.3 Å². The minimum absolute atomic E-state index is 0.0425. The van der Waals surface area contributed by atoms with Crippen molar-refractivity contribution in [3.8, 4) is 5.88 Å². The van der Waals surface area contributed by atoms with Gasteiger partial charge in [0.1, 0.15) is 5.56 Å². The monoisotopic (exact) mass is 480 g/mol. The first-order valence-corrected chi connectivity index (χ1v) is 11.8. The van der Waals surface area contributed by atoms with Crippen LogP contribution in [0.25, 0.3) is 10.9 Å². The summed E-state index contributed by atoms with van der Waals surface area (Å²) < 4.78 is 6.58. The van der Waals surface area contributed by atoms with Crippen molar-refractivity contribution in [2.45, 2.75) is 51.1 Å². The quantitative estimate of drug-likeness (QED) is 0.194. The van der Waals surface area contributed by atoms with Crippen LogP contribution >= 0.6 is 12.2 Å². The Morgan fingerprint density at radius 3 is 2.94 bits per heavy atom. The standard InChI is InChI=1S/C25H28N4O4S/c1-33-24(32)21(13-17-14-26-20-10-6-5-9-18(17)20)27-15-19-22(30)28-25(34)29(23(19)31)12-11-16-7-3-2-4-8-16/h5-7,9-10,14-15,21,26,31H,2-4,8,11-13H2,1H3,(H,28,30,34). The van der Waals surface area contributed by atoms with Gasteiger partial charge in [0.25, 0.3) is 5.56 Å². The number of aromatic amines is 2. The third-order valence-corrected chi connectivity index (χ3v) is 6.52. The van der Waals surface area contributed by atoms with E-state index in [1.807, 2.05) is 30.5 Å². The highest BCUT2D eigenvalue weighted by Crippen LogP contribution is 2.23. The number of H-pyrrole nitrogens is 2. The zero-order valence-corrected chi connectivity index (χ0v) is 19.9. The lowest BCUT2D eigenvalue weighted by Gasteiger charge is -2.15. The van der Waals surface area contributed by atoms with Crippen LogP contribution in [0.2, 0.25) is 0 Å². The van der Waals surface area contributed by atoms with Gasteiger partial charge in [0.2, 0.25) is 5.88 Å². The number of aromatic hydroxyl groups is 1. The highest BCUT2D eigenvalue weighted by Gasteiger charge is 2.21. The van der Waals surface area contributed by atoms with E-state index in [9.17, 15) is 14.7 Å². The number of carbonyl (C=O) groups is 1. The number of aromatic nitrogens is 3. The third kappa shape index (κ3) is 5.20. The Morgan fingerprint density at radius 2 is 2.18 bits per heavy atom. The highest BCUT2D eigenvalue weighted by molar-refractivity contribution is 7.71. The molecule has 9 heteroatoms. The van der Waals surface area contributed by atoms with Crippen molar-refractivity contribution in [3.63, 3.8) is 0 Å². The molecule has 0 spiro atoms. The minimum Gasteiger partial charge on any atom is -0.494 e. The van der Waals surface area contributed by atoms with E-state index in [1.165, 1.54) is 29.9 Å². The topological polar surface area (TPSA) is 112 Å². The van der Waals surface area contributed by atoms with Gasteiger partial charge >= 0.3 is 5.97 Å². The maximum atomic E-state index is 12.5. The van der Waals surface area contributed by atoms with Crippen LogP contribution in [-0.2, 0) is 22.5 Å². The molecule has 34 heavy (non-hydrogen) atoms. The van der Waals surface area contributed by atoms with Crippen LogP contribution in [0, 0.1) is 4.77 Å². The van der Waals surface area contributed by atoms with Crippen LogP contribution in [0.4, 0.5) is 0 Å². The van der Waals surface area contributed by atoms with Crippen molar-refractivity contribution in [3.05, 3.63) is 68.4 Å². The molecule has 0 saturated carbocycles. The average molecular weight is 481 g/mol. The maximum absolute atomic E-state index is 12.5. The first kappa shape index (κ1) is 23.7. The van der Waals surface area contributed by atoms with Gasteiger partial charge in [-0.3, -0.25) is 19.3 Å². The number of para-hydroxylation sites is 1. The summed E-state index contributed by atoms with van der Waals surface area (Å²) in [7, 11) is 1.30. The second-order valence-corrected chi connectivity index (χ2v) is 8.77. The van der Waals surface area contributed by atoms with Gasteiger partial charge in [0.05, 0.1) is 7.11 Å². The predicted octanol–water partition coefficient (Wildman–Crippen LogP) is 4.19. The fraction of sp³-hybridized carbons (Fsp3) is 0.360. The molecule has 2 heterocycles. The van der Waals surface area contributed by atoms with Crippen LogP contribution in [-0.4, -0.2) is 45.0 Å². The smallest absolute Gasteiger partial charge is 0.330 e. The number of carbonyl (C=O) groups excluding carboxylic acids is 1. The predicted molar refractivity (Wildman–Crippen MR) is 134 cm³/mol. The van der Waals surface area contributed by atoms with Crippen molar-refractivity contribution < 1.29 is 14.6 Å². The van der Waals surface area contributed by atoms with E-state index >= 15 is 0 Å². The Balaban J connectivity index is 1.60. The third-order valence-electron chi connectivity index (χ3n) is 6.19. The van der Waals surface area contributed by atoms with Gasteiger partial charge in [-0.25, -0.2) is 4.79 Å². The van der Waals surface area contributed by atoms with Gasteiger partial charge in [-0.1, -0.05) is 29.8 Å². The van der Waals surface area contributed by atoms with Crippen molar-refractivity contribution in [2.75, 3.05) is 7.11 Å².